The predicted molar refractivity (Wildman–Crippen MR) is 68.0 cm³/mol. The molecule has 6 heteroatoms. The minimum Gasteiger partial charge on any atom is -0.481 e. The van der Waals surface area contributed by atoms with E-state index in [2.05, 4.69) is 21.2 Å². The van der Waals surface area contributed by atoms with Crippen molar-refractivity contribution in [1.82, 2.24) is 5.32 Å². The van der Waals surface area contributed by atoms with Crippen LogP contribution in [0.3, 0.4) is 0 Å². The molecule has 0 saturated heterocycles. The maximum absolute atomic E-state index is 11.5. The second-order valence-electron chi connectivity index (χ2n) is 4.03. The molecule has 1 amide bonds. The van der Waals surface area contributed by atoms with Crippen LogP contribution >= 0.6 is 27.3 Å². The lowest BCUT2D eigenvalue weighted by molar-refractivity contribution is -0.140. The summed E-state index contributed by atoms with van der Waals surface area (Å²) in [6.45, 7) is 0.564. The van der Waals surface area contributed by atoms with Gasteiger partial charge in [-0.25, -0.2) is 0 Å². The van der Waals surface area contributed by atoms with Gasteiger partial charge in [0.05, 0.1) is 15.6 Å². The summed E-state index contributed by atoms with van der Waals surface area (Å²) in [6.07, 6.45) is 1.26. The molecule has 1 aliphatic carbocycles. The zero-order valence-electron chi connectivity index (χ0n) is 8.98. The number of aliphatic carboxylic acids is 1. The molecule has 0 spiro atoms. The van der Waals surface area contributed by atoms with E-state index in [9.17, 15) is 9.59 Å². The van der Waals surface area contributed by atoms with E-state index in [1.54, 1.807) is 11.3 Å². The summed E-state index contributed by atoms with van der Waals surface area (Å²) in [5.41, 5.74) is 0. The topological polar surface area (TPSA) is 66.4 Å². The number of amides is 1. The Kier molecular flexibility index (Phi) is 3.83. The Morgan fingerprint density at radius 1 is 1.47 bits per heavy atom. The number of nitrogens with one attached hydrogen (secondary N) is 1. The lowest BCUT2D eigenvalue weighted by atomic mass is 10.3. The van der Waals surface area contributed by atoms with Gasteiger partial charge in [-0.2, -0.15) is 0 Å². The van der Waals surface area contributed by atoms with Gasteiger partial charge in [0, 0.05) is 11.4 Å². The number of carbonyl (C=O) groups is 2. The van der Waals surface area contributed by atoms with Crippen LogP contribution in [0.1, 0.15) is 11.3 Å². The molecule has 17 heavy (non-hydrogen) atoms. The van der Waals surface area contributed by atoms with Crippen molar-refractivity contribution in [3.05, 3.63) is 20.8 Å². The summed E-state index contributed by atoms with van der Waals surface area (Å²) in [4.78, 5) is 23.3. The van der Waals surface area contributed by atoms with Crippen LogP contribution in [-0.2, 0) is 16.0 Å². The number of rotatable bonds is 5. The van der Waals surface area contributed by atoms with Crippen molar-refractivity contribution in [1.29, 1.82) is 0 Å². The highest BCUT2D eigenvalue weighted by atomic mass is 79.9. The molecule has 4 nitrogen and oxygen atoms in total. The molecule has 92 valence electrons. The molecule has 1 aliphatic rings. The second-order valence-corrected chi connectivity index (χ2v) is 6.58. The monoisotopic (exact) mass is 317 g/mol. The number of carboxylic acid groups (broad SMARTS) is 1. The van der Waals surface area contributed by atoms with Gasteiger partial charge in [-0.3, -0.25) is 9.59 Å². The van der Waals surface area contributed by atoms with Crippen LogP contribution in [0.15, 0.2) is 15.9 Å². The van der Waals surface area contributed by atoms with E-state index < -0.39 is 11.9 Å². The Morgan fingerprint density at radius 3 is 2.76 bits per heavy atom. The molecule has 0 radical (unpaired) electrons. The highest BCUT2D eigenvalue weighted by Crippen LogP contribution is 2.38. The Hall–Kier alpha value is -0.880. The Labute approximate surface area is 111 Å². The molecule has 0 aromatic carbocycles. The van der Waals surface area contributed by atoms with Crippen molar-refractivity contribution < 1.29 is 14.7 Å². The number of hydrogen-bond acceptors (Lipinski definition) is 3. The van der Waals surface area contributed by atoms with Crippen LogP contribution in [0, 0.1) is 11.8 Å². The van der Waals surface area contributed by atoms with Gasteiger partial charge in [-0.15, -0.1) is 11.3 Å². The third-order valence-corrected chi connectivity index (χ3v) is 4.43. The molecule has 1 fully saturated rings. The number of carbonyl (C=O) groups excluding carboxylic acids is 1. The summed E-state index contributed by atoms with van der Waals surface area (Å²) < 4.78 is 1.08. The molecule has 1 aromatic rings. The standard InChI is InChI=1S/C11H12BrNO3S/c12-9-2-1-6(17-9)3-4-13-10(14)7-5-8(7)11(15)16/h1-2,7-8H,3-5H2,(H,13,14)(H,15,16)/t7-,8-/m1/s1. The van der Waals surface area contributed by atoms with Gasteiger partial charge in [0.15, 0.2) is 0 Å². The van der Waals surface area contributed by atoms with E-state index >= 15 is 0 Å². The van der Waals surface area contributed by atoms with Gasteiger partial charge >= 0.3 is 5.97 Å². The normalized spacial score (nSPS) is 22.2. The van der Waals surface area contributed by atoms with Crippen molar-refractivity contribution in [3.63, 3.8) is 0 Å². The zero-order valence-corrected chi connectivity index (χ0v) is 11.4. The molecule has 2 rings (SSSR count). The molecule has 1 saturated carbocycles. The van der Waals surface area contributed by atoms with Gasteiger partial charge in [0.25, 0.3) is 0 Å². The molecule has 2 N–H and O–H groups in total. The van der Waals surface area contributed by atoms with Crippen LogP contribution in [0.2, 0.25) is 0 Å². The van der Waals surface area contributed by atoms with Crippen LogP contribution in [-0.4, -0.2) is 23.5 Å². The fraction of sp³-hybridized carbons (Fsp3) is 0.455. The van der Waals surface area contributed by atoms with E-state index in [0.29, 0.717) is 13.0 Å². The number of thiophene rings is 1. The Bertz CT molecular complexity index is 446. The average Bonchev–Trinajstić information content (AvgIpc) is 2.97. The first-order valence-electron chi connectivity index (χ1n) is 5.32. The van der Waals surface area contributed by atoms with Crippen LogP contribution in [0.25, 0.3) is 0 Å². The molecule has 1 aromatic heterocycles. The summed E-state index contributed by atoms with van der Waals surface area (Å²) in [5.74, 6) is -1.78. The number of hydrogen-bond donors (Lipinski definition) is 2. The van der Waals surface area contributed by atoms with Crippen LogP contribution in [0.5, 0.6) is 0 Å². The summed E-state index contributed by atoms with van der Waals surface area (Å²) >= 11 is 5.02. The minimum absolute atomic E-state index is 0.131. The average molecular weight is 318 g/mol. The van der Waals surface area contributed by atoms with E-state index in [1.165, 1.54) is 4.88 Å². The summed E-state index contributed by atoms with van der Waals surface area (Å²) in [6, 6.07) is 3.99. The lowest BCUT2D eigenvalue weighted by Crippen LogP contribution is -2.28. The van der Waals surface area contributed by atoms with E-state index in [4.69, 9.17) is 5.11 Å². The van der Waals surface area contributed by atoms with Gasteiger partial charge < -0.3 is 10.4 Å². The van der Waals surface area contributed by atoms with Crippen molar-refractivity contribution in [3.8, 4) is 0 Å². The zero-order chi connectivity index (χ0) is 12.4. The summed E-state index contributed by atoms with van der Waals surface area (Å²) in [5, 5.41) is 11.5. The Balaban J connectivity index is 1.69. The first kappa shape index (κ1) is 12.6. The largest absolute Gasteiger partial charge is 0.481 e. The maximum Gasteiger partial charge on any atom is 0.307 e. The predicted octanol–water partition coefficient (Wildman–Crippen LogP) is 1.89. The molecular weight excluding hydrogens is 306 g/mol. The molecule has 0 unspecified atom stereocenters. The van der Waals surface area contributed by atoms with E-state index in [-0.39, 0.29) is 11.8 Å². The minimum atomic E-state index is -0.868. The molecular formula is C11H12BrNO3S. The van der Waals surface area contributed by atoms with Gasteiger partial charge in [0.2, 0.25) is 5.91 Å². The lowest BCUT2D eigenvalue weighted by Gasteiger charge is -2.02. The van der Waals surface area contributed by atoms with Gasteiger partial charge in [0.1, 0.15) is 0 Å². The van der Waals surface area contributed by atoms with E-state index in [1.807, 2.05) is 12.1 Å². The van der Waals surface area contributed by atoms with Crippen molar-refractivity contribution in [2.45, 2.75) is 12.8 Å². The van der Waals surface area contributed by atoms with Gasteiger partial charge in [-0.1, -0.05) is 0 Å². The Morgan fingerprint density at radius 2 is 2.24 bits per heavy atom. The first-order valence-corrected chi connectivity index (χ1v) is 6.93. The molecule has 1 heterocycles. The number of carboxylic acids is 1. The first-order chi connectivity index (χ1) is 8.08. The van der Waals surface area contributed by atoms with E-state index in [0.717, 1.165) is 10.2 Å². The van der Waals surface area contributed by atoms with Crippen molar-refractivity contribution >= 4 is 39.1 Å². The molecule has 2 atom stereocenters. The quantitative estimate of drug-likeness (QED) is 0.871. The molecule has 0 aliphatic heterocycles. The summed E-state index contributed by atoms with van der Waals surface area (Å²) in [7, 11) is 0. The SMILES string of the molecule is O=C(O)[C@@H]1C[C@H]1C(=O)NCCc1ccc(Br)s1. The maximum atomic E-state index is 11.5. The highest BCUT2D eigenvalue weighted by molar-refractivity contribution is 9.11. The van der Waals surface area contributed by atoms with Crippen molar-refractivity contribution in [2.24, 2.45) is 11.8 Å². The fourth-order valence-electron chi connectivity index (χ4n) is 1.68. The third-order valence-electron chi connectivity index (χ3n) is 2.74. The number of halogens is 1. The third kappa shape index (κ3) is 3.29. The molecule has 0 bridgehead atoms. The second kappa shape index (κ2) is 5.18. The van der Waals surface area contributed by atoms with Crippen LogP contribution in [0.4, 0.5) is 0 Å². The van der Waals surface area contributed by atoms with Crippen molar-refractivity contribution in [2.75, 3.05) is 6.54 Å². The smallest absolute Gasteiger partial charge is 0.307 e. The van der Waals surface area contributed by atoms with Crippen LogP contribution < -0.4 is 5.32 Å². The van der Waals surface area contributed by atoms with Gasteiger partial charge in [-0.05, 0) is 40.9 Å². The highest BCUT2D eigenvalue weighted by Gasteiger charge is 2.48. The fourth-order valence-corrected chi connectivity index (χ4v) is 3.17.